The van der Waals surface area contributed by atoms with E-state index in [0.717, 1.165) is 25.0 Å². The number of halogens is 3. The molecule has 1 aromatic carbocycles. The number of benzene rings is 1. The third-order valence-electron chi connectivity index (χ3n) is 3.14. The maximum atomic E-state index is 13.1. The van der Waals surface area contributed by atoms with Crippen LogP contribution < -0.4 is 5.32 Å². The fraction of sp³-hybridized carbons (Fsp3) is 0.462. The van der Waals surface area contributed by atoms with Crippen molar-refractivity contribution >= 4 is 17.5 Å². The lowest BCUT2D eigenvalue weighted by Crippen LogP contribution is -2.41. The van der Waals surface area contributed by atoms with E-state index in [0.29, 0.717) is 6.61 Å². The van der Waals surface area contributed by atoms with Gasteiger partial charge in [-0.15, -0.1) is 0 Å². The van der Waals surface area contributed by atoms with Gasteiger partial charge in [0.2, 0.25) is 0 Å². The first-order valence-electron chi connectivity index (χ1n) is 6.06. The van der Waals surface area contributed by atoms with Gasteiger partial charge in [-0.1, -0.05) is 11.6 Å². The highest BCUT2D eigenvalue weighted by atomic mass is 35.5. The van der Waals surface area contributed by atoms with E-state index in [9.17, 15) is 13.6 Å². The van der Waals surface area contributed by atoms with Gasteiger partial charge in [0.1, 0.15) is 0 Å². The Kier molecular flexibility index (Phi) is 4.37. The molecule has 0 aliphatic carbocycles. The number of carbonyl (C=O) groups excluding carboxylic acids is 1. The van der Waals surface area contributed by atoms with Crippen molar-refractivity contribution in [3.8, 4) is 0 Å². The van der Waals surface area contributed by atoms with E-state index in [-0.39, 0.29) is 22.7 Å². The van der Waals surface area contributed by atoms with Gasteiger partial charge in [0, 0.05) is 6.61 Å². The van der Waals surface area contributed by atoms with Crippen LogP contribution >= 0.6 is 11.6 Å². The highest BCUT2D eigenvalue weighted by Gasteiger charge is 2.25. The van der Waals surface area contributed by atoms with E-state index < -0.39 is 17.5 Å². The van der Waals surface area contributed by atoms with Crippen molar-refractivity contribution in [3.05, 3.63) is 34.4 Å². The molecule has 1 heterocycles. The highest BCUT2D eigenvalue weighted by molar-refractivity contribution is 6.33. The lowest BCUT2D eigenvalue weighted by Gasteiger charge is -2.20. The molecule has 1 aromatic rings. The molecule has 0 unspecified atom stereocenters. The summed E-state index contributed by atoms with van der Waals surface area (Å²) in [5.41, 5.74) is -0.0783. The lowest BCUT2D eigenvalue weighted by atomic mass is 10.1. The van der Waals surface area contributed by atoms with Crippen molar-refractivity contribution in [2.24, 2.45) is 0 Å². The summed E-state index contributed by atoms with van der Waals surface area (Å²) in [5, 5.41) is 2.57. The molecule has 19 heavy (non-hydrogen) atoms. The molecule has 0 aromatic heterocycles. The molecule has 1 N–H and O–H groups in total. The standard InChI is InChI=1S/C13H14ClF2NO2/c1-7(12-3-2-4-19-12)17-13(18)8-5-10(15)11(16)6-9(8)14/h5-7,12H,2-4H2,1H3,(H,17,18)/t7-,12+/m1/s1. The smallest absolute Gasteiger partial charge is 0.253 e. The van der Waals surface area contributed by atoms with Crippen LogP contribution in [0.3, 0.4) is 0 Å². The molecule has 1 aliphatic rings. The van der Waals surface area contributed by atoms with Gasteiger partial charge in [0.05, 0.1) is 22.7 Å². The first-order valence-corrected chi connectivity index (χ1v) is 6.44. The molecule has 0 radical (unpaired) electrons. The lowest BCUT2D eigenvalue weighted by molar-refractivity contribution is 0.0712. The van der Waals surface area contributed by atoms with Crippen LogP contribution in [0.15, 0.2) is 12.1 Å². The molecule has 0 spiro atoms. The third-order valence-corrected chi connectivity index (χ3v) is 3.45. The molecule has 3 nitrogen and oxygen atoms in total. The predicted octanol–water partition coefficient (Wildman–Crippen LogP) is 2.92. The molecule has 1 saturated heterocycles. The maximum Gasteiger partial charge on any atom is 0.253 e. The summed E-state index contributed by atoms with van der Waals surface area (Å²) in [7, 11) is 0. The van der Waals surface area contributed by atoms with Crippen LogP contribution in [0.1, 0.15) is 30.1 Å². The van der Waals surface area contributed by atoms with E-state index in [1.54, 1.807) is 0 Å². The van der Waals surface area contributed by atoms with Crippen molar-refractivity contribution in [2.45, 2.75) is 31.9 Å². The van der Waals surface area contributed by atoms with Crippen molar-refractivity contribution < 1.29 is 18.3 Å². The van der Waals surface area contributed by atoms with Crippen molar-refractivity contribution in [3.63, 3.8) is 0 Å². The van der Waals surface area contributed by atoms with Gasteiger partial charge < -0.3 is 10.1 Å². The van der Waals surface area contributed by atoms with Crippen LogP contribution in [0, 0.1) is 11.6 Å². The zero-order valence-electron chi connectivity index (χ0n) is 10.4. The van der Waals surface area contributed by atoms with E-state index >= 15 is 0 Å². The molecular formula is C13H14ClF2NO2. The summed E-state index contributed by atoms with van der Waals surface area (Å²) in [4.78, 5) is 12.0. The highest BCUT2D eigenvalue weighted by Crippen LogP contribution is 2.21. The van der Waals surface area contributed by atoms with Crippen molar-refractivity contribution in [1.82, 2.24) is 5.32 Å². The number of rotatable bonds is 3. The Hall–Kier alpha value is -1.20. The number of hydrogen-bond donors (Lipinski definition) is 1. The summed E-state index contributed by atoms with van der Waals surface area (Å²) in [6.45, 7) is 2.48. The SMILES string of the molecule is C[C@@H](NC(=O)c1cc(F)c(F)cc1Cl)[C@@H]1CCCO1. The average Bonchev–Trinajstić information content (AvgIpc) is 2.87. The van der Waals surface area contributed by atoms with E-state index in [2.05, 4.69) is 5.32 Å². The largest absolute Gasteiger partial charge is 0.376 e. The molecule has 2 atom stereocenters. The van der Waals surface area contributed by atoms with Gasteiger partial charge in [-0.05, 0) is 31.9 Å². The first kappa shape index (κ1) is 14.2. The van der Waals surface area contributed by atoms with E-state index in [4.69, 9.17) is 16.3 Å². The van der Waals surface area contributed by atoms with E-state index in [1.165, 1.54) is 0 Å². The third kappa shape index (κ3) is 3.22. The number of amides is 1. The minimum atomic E-state index is -1.10. The molecule has 1 aliphatic heterocycles. The monoisotopic (exact) mass is 289 g/mol. The molecule has 2 rings (SSSR count). The van der Waals surface area contributed by atoms with Crippen LogP contribution in [0.5, 0.6) is 0 Å². The minimum Gasteiger partial charge on any atom is -0.376 e. The normalized spacial score (nSPS) is 20.3. The summed E-state index contributed by atoms with van der Waals surface area (Å²) in [6, 6.07) is 1.39. The van der Waals surface area contributed by atoms with Crippen LogP contribution in [-0.4, -0.2) is 24.7 Å². The zero-order valence-corrected chi connectivity index (χ0v) is 11.1. The Morgan fingerprint density at radius 2 is 2.16 bits per heavy atom. The Balaban J connectivity index is 2.09. The second-order valence-corrected chi connectivity index (χ2v) is 4.97. The molecule has 6 heteroatoms. The molecular weight excluding hydrogens is 276 g/mol. The second-order valence-electron chi connectivity index (χ2n) is 4.56. The second kappa shape index (κ2) is 5.84. The Bertz CT molecular complexity index is 490. The fourth-order valence-corrected chi connectivity index (χ4v) is 2.31. The van der Waals surface area contributed by atoms with Crippen molar-refractivity contribution in [2.75, 3.05) is 6.61 Å². The van der Waals surface area contributed by atoms with Gasteiger partial charge in [0.25, 0.3) is 5.91 Å². The van der Waals surface area contributed by atoms with Crippen LogP contribution in [0.2, 0.25) is 5.02 Å². The summed E-state index contributed by atoms with van der Waals surface area (Å²) in [6.07, 6.45) is 1.78. The number of carbonyl (C=O) groups is 1. The fourth-order valence-electron chi connectivity index (χ4n) is 2.07. The minimum absolute atomic E-state index is 0.0481. The summed E-state index contributed by atoms with van der Waals surface area (Å²) >= 11 is 5.74. The van der Waals surface area contributed by atoms with Gasteiger partial charge in [-0.3, -0.25) is 4.79 Å². The Morgan fingerprint density at radius 3 is 2.79 bits per heavy atom. The van der Waals surface area contributed by atoms with Gasteiger partial charge in [0.15, 0.2) is 11.6 Å². The molecule has 1 fully saturated rings. The van der Waals surface area contributed by atoms with Crippen LogP contribution in [-0.2, 0) is 4.74 Å². The number of hydrogen-bond acceptors (Lipinski definition) is 2. The van der Waals surface area contributed by atoms with Gasteiger partial charge >= 0.3 is 0 Å². The quantitative estimate of drug-likeness (QED) is 0.869. The van der Waals surface area contributed by atoms with Crippen LogP contribution in [0.25, 0.3) is 0 Å². The molecule has 1 amide bonds. The first-order chi connectivity index (χ1) is 8.99. The summed E-state index contributed by atoms with van der Waals surface area (Å²) in [5.74, 6) is -2.71. The average molecular weight is 290 g/mol. The molecule has 0 bridgehead atoms. The zero-order chi connectivity index (χ0) is 14.0. The number of ether oxygens (including phenoxy) is 1. The summed E-state index contributed by atoms with van der Waals surface area (Å²) < 4.78 is 31.5. The maximum absolute atomic E-state index is 13.1. The van der Waals surface area contributed by atoms with Crippen LogP contribution in [0.4, 0.5) is 8.78 Å². The molecule has 104 valence electrons. The van der Waals surface area contributed by atoms with Gasteiger partial charge in [-0.25, -0.2) is 8.78 Å². The van der Waals surface area contributed by atoms with Crippen molar-refractivity contribution in [1.29, 1.82) is 0 Å². The Labute approximate surface area is 114 Å². The predicted molar refractivity (Wildman–Crippen MR) is 67.3 cm³/mol. The number of nitrogens with one attached hydrogen (secondary N) is 1. The topological polar surface area (TPSA) is 38.3 Å². The van der Waals surface area contributed by atoms with Gasteiger partial charge in [-0.2, -0.15) is 0 Å². The Morgan fingerprint density at radius 1 is 1.47 bits per heavy atom. The van der Waals surface area contributed by atoms with E-state index in [1.807, 2.05) is 6.92 Å². The molecule has 0 saturated carbocycles.